The van der Waals surface area contributed by atoms with Crippen molar-refractivity contribution < 1.29 is 24.2 Å². The largest absolute Gasteiger partial charge is 0.497 e. The Labute approximate surface area is 163 Å². The minimum absolute atomic E-state index is 0.0682. The fourth-order valence-corrected chi connectivity index (χ4v) is 3.60. The quantitative estimate of drug-likeness (QED) is 0.746. The Kier molecular flexibility index (Phi) is 6.09. The van der Waals surface area contributed by atoms with Crippen molar-refractivity contribution in [2.24, 2.45) is 5.92 Å². The minimum atomic E-state index is -0.904. The average Bonchev–Trinajstić information content (AvgIpc) is 3.18. The maximum absolute atomic E-state index is 12.6. The first kappa shape index (κ1) is 19.6. The molecule has 0 saturated carbocycles. The molecule has 1 saturated heterocycles. The van der Waals surface area contributed by atoms with Crippen LogP contribution >= 0.6 is 0 Å². The van der Waals surface area contributed by atoms with Crippen molar-refractivity contribution in [1.29, 1.82) is 0 Å². The van der Waals surface area contributed by atoms with Gasteiger partial charge in [-0.25, -0.2) is 0 Å². The molecule has 1 heterocycles. The van der Waals surface area contributed by atoms with Crippen LogP contribution in [0.1, 0.15) is 34.7 Å². The Balaban J connectivity index is 1.61. The molecule has 2 atom stereocenters. The second kappa shape index (κ2) is 8.69. The molecular formula is C22H23NO5. The van der Waals surface area contributed by atoms with Crippen molar-refractivity contribution in [2.45, 2.75) is 18.8 Å². The molecule has 6 heteroatoms. The number of rotatable bonds is 7. The van der Waals surface area contributed by atoms with E-state index in [2.05, 4.69) is 0 Å². The SMILES string of the molecule is COc1ccc(C(=O)CCC(=O)N2C[C@H](C(=O)O)[C@@H](c3ccccc3)C2)cc1. The zero-order valence-electron chi connectivity index (χ0n) is 15.7. The molecule has 2 aromatic carbocycles. The summed E-state index contributed by atoms with van der Waals surface area (Å²) in [5.41, 5.74) is 1.44. The van der Waals surface area contributed by atoms with Crippen LogP contribution < -0.4 is 4.74 Å². The maximum Gasteiger partial charge on any atom is 0.308 e. The molecule has 0 aromatic heterocycles. The van der Waals surface area contributed by atoms with Crippen molar-refractivity contribution in [2.75, 3.05) is 20.2 Å². The van der Waals surface area contributed by atoms with Crippen LogP contribution in [0.15, 0.2) is 54.6 Å². The van der Waals surface area contributed by atoms with Gasteiger partial charge in [0.05, 0.1) is 13.0 Å². The Morgan fingerprint density at radius 1 is 1.00 bits per heavy atom. The zero-order chi connectivity index (χ0) is 20.1. The second-order valence-electron chi connectivity index (χ2n) is 6.91. The number of ether oxygens (including phenoxy) is 1. The van der Waals surface area contributed by atoms with Gasteiger partial charge >= 0.3 is 5.97 Å². The normalized spacial score (nSPS) is 18.7. The number of likely N-dealkylation sites (tertiary alicyclic amines) is 1. The number of Topliss-reactive ketones (excluding diaryl/α,β-unsaturated/α-hetero) is 1. The lowest BCUT2D eigenvalue weighted by atomic mass is 9.89. The van der Waals surface area contributed by atoms with Crippen LogP contribution in [-0.2, 0) is 9.59 Å². The van der Waals surface area contributed by atoms with Crippen LogP contribution in [0.4, 0.5) is 0 Å². The summed E-state index contributed by atoms with van der Waals surface area (Å²) in [5, 5.41) is 9.55. The van der Waals surface area contributed by atoms with E-state index >= 15 is 0 Å². The summed E-state index contributed by atoms with van der Waals surface area (Å²) >= 11 is 0. The topological polar surface area (TPSA) is 83.9 Å². The van der Waals surface area contributed by atoms with Crippen LogP contribution in [0.2, 0.25) is 0 Å². The lowest BCUT2D eigenvalue weighted by molar-refractivity contribution is -0.141. The van der Waals surface area contributed by atoms with Crippen molar-refractivity contribution in [3.63, 3.8) is 0 Å². The van der Waals surface area contributed by atoms with Crippen LogP contribution in [-0.4, -0.2) is 47.9 Å². The number of hydrogen-bond donors (Lipinski definition) is 1. The van der Waals surface area contributed by atoms with E-state index in [4.69, 9.17) is 4.74 Å². The van der Waals surface area contributed by atoms with Gasteiger partial charge in [-0.2, -0.15) is 0 Å². The fraction of sp³-hybridized carbons (Fsp3) is 0.318. The summed E-state index contributed by atoms with van der Waals surface area (Å²) in [6.07, 6.45) is 0.161. The highest BCUT2D eigenvalue weighted by atomic mass is 16.5. The number of carbonyl (C=O) groups excluding carboxylic acids is 2. The van der Waals surface area contributed by atoms with E-state index in [9.17, 15) is 19.5 Å². The molecule has 1 fully saturated rings. The fourth-order valence-electron chi connectivity index (χ4n) is 3.60. The van der Waals surface area contributed by atoms with Gasteiger partial charge < -0.3 is 14.7 Å². The van der Waals surface area contributed by atoms with E-state index in [0.29, 0.717) is 17.9 Å². The number of benzene rings is 2. The number of nitrogens with zero attached hydrogens (tertiary/aromatic N) is 1. The minimum Gasteiger partial charge on any atom is -0.497 e. The van der Waals surface area contributed by atoms with Crippen molar-refractivity contribution >= 4 is 17.7 Å². The predicted octanol–water partition coefficient (Wildman–Crippen LogP) is 2.98. The second-order valence-corrected chi connectivity index (χ2v) is 6.91. The van der Waals surface area contributed by atoms with Gasteiger partial charge in [-0.3, -0.25) is 14.4 Å². The molecule has 0 radical (unpaired) electrons. The van der Waals surface area contributed by atoms with Gasteiger partial charge in [-0.1, -0.05) is 30.3 Å². The summed E-state index contributed by atoms with van der Waals surface area (Å²) < 4.78 is 5.07. The molecule has 6 nitrogen and oxygen atoms in total. The Morgan fingerprint density at radius 3 is 2.29 bits per heavy atom. The summed E-state index contributed by atoms with van der Waals surface area (Å²) in [6.45, 7) is 0.529. The van der Waals surface area contributed by atoms with Crippen LogP contribution in [0.3, 0.4) is 0 Å². The standard InChI is InChI=1S/C22H23NO5/c1-28-17-9-7-16(8-10-17)20(24)11-12-21(25)23-13-18(19(14-23)22(26)27)15-5-3-2-4-6-15/h2-10,18-19H,11-14H2,1H3,(H,26,27)/t18-,19+/m1/s1. The van der Waals surface area contributed by atoms with E-state index < -0.39 is 11.9 Å². The molecule has 1 aliphatic rings. The van der Waals surface area contributed by atoms with Crippen molar-refractivity contribution in [1.82, 2.24) is 4.90 Å². The van der Waals surface area contributed by atoms with Crippen LogP contribution in [0.25, 0.3) is 0 Å². The third-order valence-corrected chi connectivity index (χ3v) is 5.20. The Morgan fingerprint density at radius 2 is 1.68 bits per heavy atom. The van der Waals surface area contributed by atoms with Gasteiger partial charge in [0, 0.05) is 37.4 Å². The highest BCUT2D eigenvalue weighted by Gasteiger charge is 2.40. The molecule has 1 aliphatic heterocycles. The van der Waals surface area contributed by atoms with E-state index in [1.54, 1.807) is 36.3 Å². The van der Waals surface area contributed by atoms with E-state index in [1.165, 1.54) is 0 Å². The predicted molar refractivity (Wildman–Crippen MR) is 103 cm³/mol. The molecule has 3 rings (SSSR count). The molecular weight excluding hydrogens is 358 g/mol. The van der Waals surface area contributed by atoms with Gasteiger partial charge in [0.15, 0.2) is 5.78 Å². The Bertz CT molecular complexity index is 847. The van der Waals surface area contributed by atoms with E-state index in [1.807, 2.05) is 30.3 Å². The Hall–Kier alpha value is -3.15. The number of carboxylic acid groups (broad SMARTS) is 1. The number of carbonyl (C=O) groups is 3. The molecule has 2 aromatic rings. The highest BCUT2D eigenvalue weighted by Crippen LogP contribution is 2.33. The molecule has 0 aliphatic carbocycles. The molecule has 0 bridgehead atoms. The van der Waals surface area contributed by atoms with Gasteiger partial charge in [0.25, 0.3) is 0 Å². The number of amides is 1. The van der Waals surface area contributed by atoms with Crippen molar-refractivity contribution in [3.05, 3.63) is 65.7 Å². The number of ketones is 1. The van der Waals surface area contributed by atoms with Gasteiger partial charge in [-0.05, 0) is 29.8 Å². The molecule has 1 amide bonds. The summed E-state index contributed by atoms with van der Waals surface area (Å²) in [7, 11) is 1.55. The van der Waals surface area contributed by atoms with Gasteiger partial charge in [0.1, 0.15) is 5.75 Å². The number of methoxy groups -OCH3 is 1. The van der Waals surface area contributed by atoms with Gasteiger partial charge in [-0.15, -0.1) is 0 Å². The average molecular weight is 381 g/mol. The zero-order valence-corrected chi connectivity index (χ0v) is 15.7. The van der Waals surface area contributed by atoms with Crippen LogP contribution in [0, 0.1) is 5.92 Å². The smallest absolute Gasteiger partial charge is 0.308 e. The van der Waals surface area contributed by atoms with Crippen LogP contribution in [0.5, 0.6) is 5.75 Å². The number of carboxylic acids is 1. The summed E-state index contributed by atoms with van der Waals surface area (Å²) in [6, 6.07) is 16.2. The number of aliphatic carboxylic acids is 1. The lowest BCUT2D eigenvalue weighted by Gasteiger charge is -2.16. The molecule has 0 unspecified atom stereocenters. The summed E-state index contributed by atoms with van der Waals surface area (Å²) in [4.78, 5) is 38.1. The molecule has 1 N–H and O–H groups in total. The first-order chi connectivity index (χ1) is 13.5. The van der Waals surface area contributed by atoms with E-state index in [0.717, 1.165) is 5.56 Å². The first-order valence-corrected chi connectivity index (χ1v) is 9.22. The monoisotopic (exact) mass is 381 g/mol. The van der Waals surface area contributed by atoms with Gasteiger partial charge in [0.2, 0.25) is 5.91 Å². The first-order valence-electron chi connectivity index (χ1n) is 9.22. The third kappa shape index (κ3) is 4.39. The third-order valence-electron chi connectivity index (χ3n) is 5.20. The van der Waals surface area contributed by atoms with E-state index in [-0.39, 0.29) is 37.0 Å². The lowest BCUT2D eigenvalue weighted by Crippen LogP contribution is -2.30. The number of hydrogen-bond acceptors (Lipinski definition) is 4. The molecule has 146 valence electrons. The van der Waals surface area contributed by atoms with Crippen molar-refractivity contribution in [3.8, 4) is 5.75 Å². The summed E-state index contributed by atoms with van der Waals surface area (Å²) in [5.74, 6) is -1.42. The molecule has 28 heavy (non-hydrogen) atoms. The highest BCUT2D eigenvalue weighted by molar-refractivity contribution is 5.98. The maximum atomic E-state index is 12.6. The molecule has 0 spiro atoms.